The zero-order valence-electron chi connectivity index (χ0n) is 21.4. The molecule has 7 atom stereocenters. The number of nitrogens with zero attached hydrogens (tertiary/aromatic N) is 1. The number of thiazole rings is 1. The van der Waals surface area contributed by atoms with Crippen LogP contribution in [0.25, 0.3) is 0 Å². The quantitative estimate of drug-likeness (QED) is 0.324. The van der Waals surface area contributed by atoms with Crippen molar-refractivity contribution < 1.29 is 23.9 Å². The molecule has 11 heteroatoms. The summed E-state index contributed by atoms with van der Waals surface area (Å²) in [5, 5.41) is 1.41. The van der Waals surface area contributed by atoms with Crippen molar-refractivity contribution in [2.24, 2.45) is 29.6 Å². The third kappa shape index (κ3) is 3.87. The van der Waals surface area contributed by atoms with Crippen LogP contribution in [0.1, 0.15) is 29.7 Å². The fraction of sp³-hybridized carbons (Fsp3) is 0.379. The lowest BCUT2D eigenvalue weighted by molar-refractivity contribution is -0.145. The number of aromatic nitrogens is 1. The van der Waals surface area contributed by atoms with Crippen LogP contribution in [-0.4, -0.2) is 41.2 Å². The lowest BCUT2D eigenvalue weighted by atomic mass is 9.68. The van der Waals surface area contributed by atoms with E-state index in [0.717, 1.165) is 21.9 Å². The van der Waals surface area contributed by atoms with Crippen molar-refractivity contribution in [2.75, 3.05) is 18.1 Å². The number of H-pyrrole nitrogens is 1. The van der Waals surface area contributed by atoms with Crippen LogP contribution in [-0.2, 0) is 19.1 Å². The third-order valence-electron chi connectivity index (χ3n) is 8.71. The SMILES string of the molecule is CCOC(=O)COc1ccccc1[C@@H]1c2sc(=O)[nH]c2S[C@@H]2[C@@H]3C[C@@H]([C@@H]4C(=O)N(c5ccc(Cl)cc5)C(=O)[C@@H]34)[C@H]12. The molecular weight excluding hydrogens is 572 g/mol. The molecule has 3 heterocycles. The van der Waals surface area contributed by atoms with Gasteiger partial charge in [0.25, 0.3) is 0 Å². The number of esters is 1. The first-order valence-corrected chi connectivity index (χ1v) is 15.3. The molecule has 0 spiro atoms. The Hall–Kier alpha value is -3.08. The molecule has 0 radical (unpaired) electrons. The van der Waals surface area contributed by atoms with Crippen LogP contribution in [0, 0.1) is 29.6 Å². The summed E-state index contributed by atoms with van der Waals surface area (Å²) < 4.78 is 11.0. The molecular formula is C29H25ClN2O6S2. The molecule has 2 amide bonds. The van der Waals surface area contributed by atoms with Gasteiger partial charge in [0.05, 0.1) is 29.2 Å². The van der Waals surface area contributed by atoms with Gasteiger partial charge >= 0.3 is 10.8 Å². The first kappa shape index (κ1) is 25.9. The van der Waals surface area contributed by atoms with Crippen molar-refractivity contribution in [3.05, 3.63) is 73.7 Å². The molecule has 1 saturated heterocycles. The van der Waals surface area contributed by atoms with Crippen molar-refractivity contribution >= 4 is 58.2 Å². The number of rotatable bonds is 6. The number of para-hydroxylation sites is 1. The molecule has 2 aromatic carbocycles. The molecule has 2 aliphatic heterocycles. The smallest absolute Gasteiger partial charge is 0.344 e. The van der Waals surface area contributed by atoms with Crippen LogP contribution in [0.15, 0.2) is 58.4 Å². The van der Waals surface area contributed by atoms with Gasteiger partial charge in [-0.15, -0.1) is 11.8 Å². The highest BCUT2D eigenvalue weighted by Crippen LogP contribution is 2.69. The molecule has 3 fully saturated rings. The predicted octanol–water partition coefficient (Wildman–Crippen LogP) is 4.71. The van der Waals surface area contributed by atoms with Crippen molar-refractivity contribution in [2.45, 2.75) is 29.5 Å². The molecule has 206 valence electrons. The van der Waals surface area contributed by atoms with Gasteiger partial charge in [0.1, 0.15) is 5.75 Å². The summed E-state index contributed by atoms with van der Waals surface area (Å²) in [7, 11) is 0. The summed E-state index contributed by atoms with van der Waals surface area (Å²) in [5.74, 6) is -1.24. The Labute approximate surface area is 243 Å². The second-order valence-corrected chi connectivity index (χ2v) is 13.2. The van der Waals surface area contributed by atoms with Crippen LogP contribution in [0.5, 0.6) is 5.75 Å². The van der Waals surface area contributed by atoms with Crippen molar-refractivity contribution in [1.82, 2.24) is 4.98 Å². The normalized spacial score (nSPS) is 29.8. The first-order valence-electron chi connectivity index (χ1n) is 13.3. The van der Waals surface area contributed by atoms with Crippen LogP contribution >= 0.6 is 34.7 Å². The molecule has 2 aliphatic carbocycles. The van der Waals surface area contributed by atoms with Gasteiger partial charge in [-0.3, -0.25) is 19.3 Å². The van der Waals surface area contributed by atoms with Crippen molar-refractivity contribution in [3.63, 3.8) is 0 Å². The Morgan fingerprint density at radius 3 is 2.52 bits per heavy atom. The Bertz CT molecular complexity index is 1590. The van der Waals surface area contributed by atoms with Gasteiger partial charge in [0, 0.05) is 26.6 Å². The van der Waals surface area contributed by atoms with Gasteiger partial charge in [0.2, 0.25) is 11.8 Å². The number of imide groups is 1. The summed E-state index contributed by atoms with van der Waals surface area (Å²) in [5.41, 5.74) is 1.41. The number of amides is 2. The van der Waals surface area contributed by atoms with E-state index in [1.54, 1.807) is 43.0 Å². The monoisotopic (exact) mass is 596 g/mol. The number of nitrogens with one attached hydrogen (secondary N) is 1. The van der Waals surface area contributed by atoms with Gasteiger partial charge in [0.15, 0.2) is 6.61 Å². The van der Waals surface area contributed by atoms with Crippen molar-refractivity contribution in [1.29, 1.82) is 0 Å². The molecule has 3 aromatic rings. The molecule has 1 aromatic heterocycles. The number of hydrogen-bond donors (Lipinski definition) is 1. The summed E-state index contributed by atoms with van der Waals surface area (Å²) in [6.07, 6.45) is 0.783. The van der Waals surface area contributed by atoms with E-state index in [-0.39, 0.29) is 64.7 Å². The molecule has 7 rings (SSSR count). The number of hydrogen-bond acceptors (Lipinski definition) is 8. The van der Waals surface area contributed by atoms with Crippen LogP contribution < -0.4 is 14.5 Å². The second kappa shape index (κ2) is 9.78. The number of aromatic amines is 1. The summed E-state index contributed by atoms with van der Waals surface area (Å²) in [6.45, 7) is 1.78. The van der Waals surface area contributed by atoms with E-state index in [0.29, 0.717) is 16.5 Å². The Kier molecular flexibility index (Phi) is 6.32. The largest absolute Gasteiger partial charge is 0.482 e. The molecule has 40 heavy (non-hydrogen) atoms. The summed E-state index contributed by atoms with van der Waals surface area (Å²) >= 11 is 8.88. The minimum absolute atomic E-state index is 0.00501. The molecule has 2 saturated carbocycles. The number of ether oxygens (including phenoxy) is 2. The van der Waals surface area contributed by atoms with E-state index in [2.05, 4.69) is 4.98 Å². The Morgan fingerprint density at radius 1 is 1.05 bits per heavy atom. The standard InChI is InChI=1S/C29H25ClN2O6S2/c1-2-37-19(33)12-38-18-6-4-3-5-15(18)20-21-16-11-17(24(21)39-26-25(20)40-29(36)31-26)23-22(16)27(34)32(28(23)35)14-9-7-13(30)8-10-14/h3-10,16-17,20-24H,2,11-12H2,1H3,(H,31,36)/t16-,17-,20+,21-,22+,23+,24-/m1/s1. The average Bonchev–Trinajstić information content (AvgIpc) is 3.67. The molecule has 2 bridgehead atoms. The Balaban J connectivity index is 1.28. The number of thioether (sulfide) groups is 1. The third-order valence-corrected chi connectivity index (χ3v) is 11.6. The average molecular weight is 597 g/mol. The van der Waals surface area contributed by atoms with E-state index in [1.807, 2.05) is 24.3 Å². The highest BCUT2D eigenvalue weighted by molar-refractivity contribution is 8.00. The fourth-order valence-corrected chi connectivity index (χ4v) is 10.4. The van der Waals surface area contributed by atoms with E-state index >= 15 is 0 Å². The lowest BCUT2D eigenvalue weighted by Gasteiger charge is -2.43. The fourth-order valence-electron chi connectivity index (χ4n) is 7.42. The van der Waals surface area contributed by atoms with Crippen LogP contribution in [0.2, 0.25) is 5.02 Å². The summed E-state index contributed by atoms with van der Waals surface area (Å²) in [6, 6.07) is 14.4. The van der Waals surface area contributed by atoms with E-state index in [4.69, 9.17) is 21.1 Å². The summed E-state index contributed by atoms with van der Waals surface area (Å²) in [4.78, 5) is 57.4. The molecule has 8 nitrogen and oxygen atoms in total. The zero-order chi connectivity index (χ0) is 27.7. The minimum Gasteiger partial charge on any atom is -0.482 e. The van der Waals surface area contributed by atoms with Crippen LogP contribution in [0.4, 0.5) is 5.69 Å². The van der Waals surface area contributed by atoms with Gasteiger partial charge < -0.3 is 14.5 Å². The maximum absolute atomic E-state index is 13.9. The number of benzene rings is 2. The minimum atomic E-state index is -0.457. The number of fused-ring (bicyclic) bond motifs is 9. The maximum atomic E-state index is 13.9. The maximum Gasteiger partial charge on any atom is 0.344 e. The zero-order valence-corrected chi connectivity index (χ0v) is 23.8. The number of carbonyl (C=O) groups is 3. The lowest BCUT2D eigenvalue weighted by Crippen LogP contribution is -2.42. The molecule has 1 N–H and O–H groups in total. The number of carbonyl (C=O) groups excluding carboxylic acids is 3. The highest BCUT2D eigenvalue weighted by atomic mass is 35.5. The first-order chi connectivity index (χ1) is 19.4. The van der Waals surface area contributed by atoms with E-state index in [1.165, 1.54) is 16.2 Å². The topological polar surface area (TPSA) is 106 Å². The van der Waals surface area contributed by atoms with Crippen LogP contribution in [0.3, 0.4) is 0 Å². The van der Waals surface area contributed by atoms with Gasteiger partial charge in [-0.2, -0.15) is 0 Å². The second-order valence-electron chi connectivity index (χ2n) is 10.6. The van der Waals surface area contributed by atoms with E-state index in [9.17, 15) is 19.2 Å². The van der Waals surface area contributed by atoms with Crippen molar-refractivity contribution in [3.8, 4) is 5.75 Å². The van der Waals surface area contributed by atoms with Gasteiger partial charge in [-0.25, -0.2) is 4.79 Å². The highest BCUT2D eigenvalue weighted by Gasteiger charge is 2.69. The van der Waals surface area contributed by atoms with Gasteiger partial charge in [-0.1, -0.05) is 41.1 Å². The predicted molar refractivity (Wildman–Crippen MR) is 151 cm³/mol. The number of halogens is 1. The van der Waals surface area contributed by atoms with Gasteiger partial charge in [-0.05, 0) is 61.4 Å². The molecule has 4 aliphatic rings. The Morgan fingerprint density at radius 2 is 1.77 bits per heavy atom. The molecule has 0 unspecified atom stereocenters. The van der Waals surface area contributed by atoms with E-state index < -0.39 is 11.9 Å². The number of anilines is 1.